The number of benzene rings is 3. The van der Waals surface area contributed by atoms with Gasteiger partial charge in [-0.15, -0.1) is 0 Å². The third-order valence-electron chi connectivity index (χ3n) is 6.00. The van der Waals surface area contributed by atoms with Crippen LogP contribution in [0.5, 0.6) is 0 Å². The van der Waals surface area contributed by atoms with Gasteiger partial charge >= 0.3 is 5.91 Å². The maximum Gasteiger partial charge on any atom is 0.301 e. The second-order valence-corrected chi connectivity index (χ2v) is 9.68. The highest BCUT2D eigenvalue weighted by Crippen LogP contribution is 2.44. The van der Waals surface area contributed by atoms with E-state index in [1.165, 1.54) is 16.2 Å². The first kappa shape index (κ1) is 22.3. The zero-order valence-corrected chi connectivity index (χ0v) is 20.2. The predicted octanol–water partition coefficient (Wildman–Crippen LogP) is 6.45. The number of amides is 1. The van der Waals surface area contributed by atoms with E-state index in [2.05, 4.69) is 11.9 Å². The highest BCUT2D eigenvalue weighted by molar-refractivity contribution is 7.22. The number of hydrogen-bond donors (Lipinski definition) is 1. The van der Waals surface area contributed by atoms with Crippen molar-refractivity contribution in [2.24, 2.45) is 0 Å². The van der Waals surface area contributed by atoms with E-state index < -0.39 is 17.7 Å². The van der Waals surface area contributed by atoms with Gasteiger partial charge in [-0.3, -0.25) is 14.5 Å². The number of ketones is 1. The molecule has 4 aromatic rings. The number of nitrogens with zero attached hydrogens (tertiary/aromatic N) is 2. The van der Waals surface area contributed by atoms with Crippen LogP contribution in [0, 0.1) is 6.92 Å². The number of aryl methyl sites for hydroxylation is 2. The summed E-state index contributed by atoms with van der Waals surface area (Å²) in [6.07, 6.45) is 0.864. The summed E-state index contributed by atoms with van der Waals surface area (Å²) in [4.78, 5) is 32.7. The Bertz CT molecular complexity index is 1460. The number of aliphatic hydroxyl groups excluding tert-OH is 1. The van der Waals surface area contributed by atoms with Crippen LogP contribution in [-0.2, 0) is 16.0 Å². The molecule has 0 spiro atoms. The van der Waals surface area contributed by atoms with Crippen molar-refractivity contribution >= 4 is 55.7 Å². The molecule has 5 nitrogen and oxygen atoms in total. The number of aliphatic hydroxyl groups is 1. The highest BCUT2D eigenvalue weighted by atomic mass is 35.5. The smallest absolute Gasteiger partial charge is 0.301 e. The summed E-state index contributed by atoms with van der Waals surface area (Å²) in [5.74, 6) is -1.69. The van der Waals surface area contributed by atoms with Gasteiger partial charge in [0.2, 0.25) is 0 Å². The van der Waals surface area contributed by atoms with Crippen LogP contribution in [0.2, 0.25) is 5.02 Å². The maximum atomic E-state index is 13.3. The van der Waals surface area contributed by atoms with E-state index in [9.17, 15) is 14.7 Å². The van der Waals surface area contributed by atoms with Gasteiger partial charge in [0.1, 0.15) is 5.76 Å². The minimum atomic E-state index is -0.803. The largest absolute Gasteiger partial charge is 0.507 e. The van der Waals surface area contributed by atoms with Gasteiger partial charge in [0.05, 0.1) is 21.8 Å². The molecule has 1 aliphatic rings. The molecule has 34 heavy (non-hydrogen) atoms. The highest BCUT2D eigenvalue weighted by Gasteiger charge is 2.48. The van der Waals surface area contributed by atoms with E-state index in [0.29, 0.717) is 15.7 Å². The third kappa shape index (κ3) is 3.79. The summed E-state index contributed by atoms with van der Waals surface area (Å²) < 4.78 is 0.926. The molecule has 0 bridgehead atoms. The fourth-order valence-corrected chi connectivity index (χ4v) is 5.38. The molecule has 1 atom stereocenters. The van der Waals surface area contributed by atoms with Crippen molar-refractivity contribution in [3.63, 3.8) is 0 Å². The first-order valence-electron chi connectivity index (χ1n) is 10.9. The number of Topliss-reactive ketones (excluding diaryl/α,β-unsaturated/α-hetero) is 1. The Morgan fingerprint density at radius 3 is 2.44 bits per heavy atom. The quantitative estimate of drug-likeness (QED) is 0.204. The van der Waals surface area contributed by atoms with Crippen LogP contribution in [0.1, 0.15) is 35.2 Å². The summed E-state index contributed by atoms with van der Waals surface area (Å²) in [5, 5.41) is 12.1. The lowest BCUT2D eigenvalue weighted by Crippen LogP contribution is -2.29. The zero-order valence-electron chi connectivity index (χ0n) is 18.6. The number of anilines is 1. The molecule has 1 amide bonds. The lowest BCUT2D eigenvalue weighted by Gasteiger charge is -2.23. The molecule has 1 fully saturated rings. The van der Waals surface area contributed by atoms with E-state index in [4.69, 9.17) is 11.6 Å². The number of rotatable bonds is 4. The third-order valence-corrected chi connectivity index (χ3v) is 7.27. The molecule has 0 aliphatic carbocycles. The Balaban J connectivity index is 1.72. The van der Waals surface area contributed by atoms with E-state index in [-0.39, 0.29) is 11.3 Å². The second-order valence-electron chi connectivity index (χ2n) is 8.24. The fourth-order valence-electron chi connectivity index (χ4n) is 4.17. The Labute approximate surface area is 205 Å². The topological polar surface area (TPSA) is 70.5 Å². The second kappa shape index (κ2) is 8.70. The minimum absolute atomic E-state index is 0.0343. The Kier molecular flexibility index (Phi) is 5.71. The first-order valence-corrected chi connectivity index (χ1v) is 12.1. The van der Waals surface area contributed by atoms with Crippen LogP contribution in [0.25, 0.3) is 16.0 Å². The molecule has 1 aliphatic heterocycles. The van der Waals surface area contributed by atoms with Gasteiger partial charge < -0.3 is 5.11 Å². The van der Waals surface area contributed by atoms with Crippen LogP contribution in [0.4, 0.5) is 5.13 Å². The van der Waals surface area contributed by atoms with E-state index >= 15 is 0 Å². The summed E-state index contributed by atoms with van der Waals surface area (Å²) in [6, 6.07) is 19.3. The Hall–Kier alpha value is -3.48. The van der Waals surface area contributed by atoms with Gasteiger partial charge in [-0.05, 0) is 66.4 Å². The van der Waals surface area contributed by atoms with Crippen molar-refractivity contribution in [1.29, 1.82) is 0 Å². The number of aromatic nitrogens is 1. The number of fused-ring (bicyclic) bond motifs is 1. The average Bonchev–Trinajstić information content (AvgIpc) is 3.37. The first-order chi connectivity index (χ1) is 16.4. The normalized spacial score (nSPS) is 17.6. The lowest BCUT2D eigenvalue weighted by molar-refractivity contribution is -0.132. The predicted molar refractivity (Wildman–Crippen MR) is 136 cm³/mol. The van der Waals surface area contributed by atoms with Crippen molar-refractivity contribution in [1.82, 2.24) is 4.98 Å². The van der Waals surface area contributed by atoms with Gasteiger partial charge in [0.25, 0.3) is 5.78 Å². The van der Waals surface area contributed by atoms with E-state index in [1.54, 1.807) is 24.3 Å². The molecular formula is C27H21ClN2O3S. The lowest BCUT2D eigenvalue weighted by atomic mass is 9.94. The van der Waals surface area contributed by atoms with Gasteiger partial charge in [0, 0.05) is 10.6 Å². The van der Waals surface area contributed by atoms with Gasteiger partial charge in [-0.25, -0.2) is 4.98 Å². The minimum Gasteiger partial charge on any atom is -0.507 e. The molecule has 1 unspecified atom stereocenters. The van der Waals surface area contributed by atoms with Crippen LogP contribution < -0.4 is 4.90 Å². The van der Waals surface area contributed by atoms with Crippen LogP contribution in [0.15, 0.2) is 72.3 Å². The zero-order chi connectivity index (χ0) is 24.0. The van der Waals surface area contributed by atoms with Gasteiger partial charge in [-0.2, -0.15) is 0 Å². The Morgan fingerprint density at radius 1 is 1.06 bits per heavy atom. The molecule has 2 heterocycles. The molecule has 1 N–H and O–H groups in total. The SMILES string of the molecule is CCc1ccc(C2/C(=C(\O)c3ccc(Cl)cc3)C(=O)C(=O)N2c2nc3ccc(C)cc3s2)cc1. The molecule has 0 saturated carbocycles. The van der Waals surface area contributed by atoms with Crippen LogP contribution in [0.3, 0.4) is 0 Å². The van der Waals surface area contributed by atoms with E-state index in [0.717, 1.165) is 33.3 Å². The maximum absolute atomic E-state index is 13.3. The average molecular weight is 489 g/mol. The van der Waals surface area contributed by atoms with E-state index in [1.807, 2.05) is 49.4 Å². The van der Waals surface area contributed by atoms with Crippen molar-refractivity contribution < 1.29 is 14.7 Å². The molecule has 170 valence electrons. The van der Waals surface area contributed by atoms with Crippen LogP contribution in [-0.4, -0.2) is 21.8 Å². The van der Waals surface area contributed by atoms with Crippen molar-refractivity contribution in [2.45, 2.75) is 26.3 Å². The van der Waals surface area contributed by atoms with Crippen molar-refractivity contribution in [3.8, 4) is 0 Å². The van der Waals surface area contributed by atoms with Crippen molar-refractivity contribution in [3.05, 3.63) is 99.6 Å². The summed E-state index contributed by atoms with van der Waals surface area (Å²) in [5.41, 5.74) is 4.14. The molecule has 7 heteroatoms. The van der Waals surface area contributed by atoms with Gasteiger partial charge in [-0.1, -0.05) is 60.2 Å². The molecule has 5 rings (SSSR count). The number of thiazole rings is 1. The summed E-state index contributed by atoms with van der Waals surface area (Å²) >= 11 is 7.35. The number of carbonyl (C=O) groups excluding carboxylic acids is 2. The molecule has 1 aromatic heterocycles. The molecule has 0 radical (unpaired) electrons. The Morgan fingerprint density at radius 2 is 1.76 bits per heavy atom. The summed E-state index contributed by atoms with van der Waals surface area (Å²) in [6.45, 7) is 4.05. The van der Waals surface area contributed by atoms with Gasteiger partial charge in [0.15, 0.2) is 5.13 Å². The van der Waals surface area contributed by atoms with Crippen LogP contribution >= 0.6 is 22.9 Å². The molecule has 3 aromatic carbocycles. The summed E-state index contributed by atoms with van der Waals surface area (Å²) in [7, 11) is 0. The monoisotopic (exact) mass is 488 g/mol. The molecule has 1 saturated heterocycles. The number of carbonyl (C=O) groups is 2. The number of hydrogen-bond acceptors (Lipinski definition) is 5. The fraction of sp³-hybridized carbons (Fsp3) is 0.148. The number of halogens is 1. The standard InChI is InChI=1S/C27H21ClN2O3S/c1-3-16-5-7-17(8-6-16)23-22(24(31)18-9-11-19(28)12-10-18)25(32)26(33)30(23)27-29-20-13-4-15(2)14-21(20)34-27/h4-14,23,31H,3H2,1-2H3/b24-22+. The molecular weight excluding hydrogens is 468 g/mol. The van der Waals surface area contributed by atoms with Crippen molar-refractivity contribution in [2.75, 3.05) is 4.90 Å².